The highest BCUT2D eigenvalue weighted by atomic mass is 79.9. The molecule has 1 aromatic carbocycles. The van der Waals surface area contributed by atoms with Gasteiger partial charge in [-0.05, 0) is 47.1 Å². The fourth-order valence-corrected chi connectivity index (χ4v) is 2.47. The number of aromatic nitrogens is 2. The number of para-hydroxylation sites is 1. The number of nitrogens with zero attached hydrogens (tertiary/aromatic N) is 2. The van der Waals surface area contributed by atoms with E-state index in [0.717, 1.165) is 10.0 Å². The molecular formula is C16H12BrN3O2. The van der Waals surface area contributed by atoms with Gasteiger partial charge in [0.2, 0.25) is 0 Å². The summed E-state index contributed by atoms with van der Waals surface area (Å²) < 4.78 is 5.99. The molecule has 0 unspecified atom stereocenters. The lowest BCUT2D eigenvalue weighted by Crippen LogP contribution is -2.13. The first-order valence-corrected chi connectivity index (χ1v) is 7.38. The minimum atomic E-state index is -0.274. The number of amides is 1. The molecule has 0 atom stereocenters. The van der Waals surface area contributed by atoms with E-state index < -0.39 is 0 Å². The van der Waals surface area contributed by atoms with E-state index in [0.29, 0.717) is 22.7 Å². The van der Waals surface area contributed by atoms with Crippen molar-refractivity contribution >= 4 is 27.5 Å². The molecule has 2 heterocycles. The van der Waals surface area contributed by atoms with E-state index in [4.69, 9.17) is 4.52 Å². The van der Waals surface area contributed by atoms with Gasteiger partial charge >= 0.3 is 0 Å². The maximum absolute atomic E-state index is 12.6. The second kappa shape index (κ2) is 6.11. The van der Waals surface area contributed by atoms with Crippen molar-refractivity contribution in [3.8, 4) is 11.3 Å². The number of anilines is 1. The number of hydrogen-bond donors (Lipinski definition) is 1. The topological polar surface area (TPSA) is 68.0 Å². The van der Waals surface area contributed by atoms with E-state index in [2.05, 4.69) is 31.4 Å². The van der Waals surface area contributed by atoms with Gasteiger partial charge in [-0.2, -0.15) is 0 Å². The van der Waals surface area contributed by atoms with Crippen LogP contribution < -0.4 is 5.32 Å². The predicted molar refractivity (Wildman–Crippen MR) is 86.6 cm³/mol. The monoisotopic (exact) mass is 357 g/mol. The van der Waals surface area contributed by atoms with Crippen molar-refractivity contribution in [3.63, 3.8) is 0 Å². The fraction of sp³-hybridized carbons (Fsp3) is 0.0625. The number of benzene rings is 1. The normalized spacial score (nSPS) is 10.5. The summed E-state index contributed by atoms with van der Waals surface area (Å²) >= 11 is 3.41. The van der Waals surface area contributed by atoms with Crippen LogP contribution in [0.5, 0.6) is 0 Å². The molecule has 0 saturated heterocycles. The summed E-state index contributed by atoms with van der Waals surface area (Å²) in [4.78, 5) is 16.6. The highest BCUT2D eigenvalue weighted by molar-refractivity contribution is 9.10. The van der Waals surface area contributed by atoms with Crippen LogP contribution in [-0.4, -0.2) is 16.0 Å². The Bertz CT molecular complexity index is 815. The molecule has 0 aliphatic rings. The third kappa shape index (κ3) is 2.78. The average molecular weight is 358 g/mol. The van der Waals surface area contributed by atoms with Gasteiger partial charge in [0.25, 0.3) is 5.91 Å². The van der Waals surface area contributed by atoms with Crippen LogP contribution in [0.3, 0.4) is 0 Å². The number of nitrogens with one attached hydrogen (secondary N) is 1. The predicted octanol–water partition coefficient (Wildman–Crippen LogP) is 4.06. The molecule has 3 aromatic rings. The molecule has 0 aliphatic heterocycles. The van der Waals surface area contributed by atoms with Gasteiger partial charge in [0.15, 0.2) is 0 Å². The zero-order valence-corrected chi connectivity index (χ0v) is 13.3. The van der Waals surface area contributed by atoms with Gasteiger partial charge in [0.1, 0.15) is 17.0 Å². The molecule has 0 saturated carbocycles. The second-order valence-electron chi connectivity index (χ2n) is 4.64. The molecule has 22 heavy (non-hydrogen) atoms. The van der Waals surface area contributed by atoms with E-state index in [1.165, 1.54) is 0 Å². The van der Waals surface area contributed by atoms with Crippen LogP contribution >= 0.6 is 15.9 Å². The Labute approximate surface area is 135 Å². The quantitative estimate of drug-likeness (QED) is 0.767. The summed E-state index contributed by atoms with van der Waals surface area (Å²) in [5.41, 5.74) is 2.31. The molecular weight excluding hydrogens is 346 g/mol. The molecule has 1 N–H and O–H groups in total. The zero-order valence-electron chi connectivity index (χ0n) is 11.7. The molecule has 0 bridgehead atoms. The van der Waals surface area contributed by atoms with Crippen LogP contribution in [0.4, 0.5) is 5.69 Å². The largest absolute Gasteiger partial charge is 0.360 e. The Kier molecular flexibility index (Phi) is 4.02. The van der Waals surface area contributed by atoms with Crippen molar-refractivity contribution < 1.29 is 9.32 Å². The Morgan fingerprint density at radius 1 is 1.23 bits per heavy atom. The Balaban J connectivity index is 1.97. The number of pyridine rings is 1. The molecule has 3 rings (SSSR count). The van der Waals surface area contributed by atoms with E-state index >= 15 is 0 Å². The number of hydrogen-bond acceptors (Lipinski definition) is 4. The van der Waals surface area contributed by atoms with E-state index in [9.17, 15) is 4.79 Å². The Morgan fingerprint density at radius 3 is 2.77 bits per heavy atom. The van der Waals surface area contributed by atoms with Gasteiger partial charge in [-0.3, -0.25) is 9.78 Å². The van der Waals surface area contributed by atoms with Gasteiger partial charge in [-0.1, -0.05) is 17.3 Å². The lowest BCUT2D eigenvalue weighted by molar-refractivity contribution is 0.102. The van der Waals surface area contributed by atoms with Crippen molar-refractivity contribution in [2.45, 2.75) is 6.92 Å². The number of carbonyl (C=O) groups is 1. The number of rotatable bonds is 3. The third-order valence-corrected chi connectivity index (χ3v) is 3.84. The molecule has 1 amide bonds. The lowest BCUT2D eigenvalue weighted by atomic mass is 10.1. The summed E-state index contributed by atoms with van der Waals surface area (Å²) in [7, 11) is 0. The standard InChI is InChI=1S/C16H12BrN3O2/c1-10-14(15(20-22-10)11-5-4-8-18-9-11)16(21)19-13-7-3-2-6-12(13)17/h2-9H,1H3,(H,19,21). The van der Waals surface area contributed by atoms with Crippen LogP contribution in [0, 0.1) is 6.92 Å². The summed E-state index contributed by atoms with van der Waals surface area (Å²) in [6.45, 7) is 1.71. The highest BCUT2D eigenvalue weighted by Gasteiger charge is 2.22. The second-order valence-corrected chi connectivity index (χ2v) is 5.49. The van der Waals surface area contributed by atoms with Gasteiger partial charge in [-0.15, -0.1) is 0 Å². The van der Waals surface area contributed by atoms with Crippen molar-refractivity contribution in [3.05, 3.63) is 64.6 Å². The molecule has 0 aliphatic carbocycles. The average Bonchev–Trinajstić information content (AvgIpc) is 2.92. The van der Waals surface area contributed by atoms with E-state index in [-0.39, 0.29) is 5.91 Å². The third-order valence-electron chi connectivity index (χ3n) is 3.15. The van der Waals surface area contributed by atoms with Gasteiger partial charge in [0.05, 0.1) is 5.69 Å². The van der Waals surface area contributed by atoms with Crippen LogP contribution in [0.15, 0.2) is 57.8 Å². The van der Waals surface area contributed by atoms with Gasteiger partial charge in [-0.25, -0.2) is 0 Å². The first-order chi connectivity index (χ1) is 10.7. The lowest BCUT2D eigenvalue weighted by Gasteiger charge is -2.07. The Morgan fingerprint density at radius 2 is 2.05 bits per heavy atom. The maximum Gasteiger partial charge on any atom is 0.261 e. The molecule has 6 heteroatoms. The van der Waals surface area contributed by atoms with Crippen LogP contribution in [0.2, 0.25) is 0 Å². The summed E-state index contributed by atoms with van der Waals surface area (Å²) in [5, 5.41) is 6.84. The van der Waals surface area contributed by atoms with Gasteiger partial charge < -0.3 is 9.84 Å². The number of carbonyl (C=O) groups excluding carboxylic acids is 1. The van der Waals surface area contributed by atoms with Crippen molar-refractivity contribution in [2.75, 3.05) is 5.32 Å². The number of halogens is 1. The van der Waals surface area contributed by atoms with Crippen LogP contribution in [-0.2, 0) is 0 Å². The summed E-state index contributed by atoms with van der Waals surface area (Å²) in [6, 6.07) is 11.0. The van der Waals surface area contributed by atoms with Crippen LogP contribution in [0.25, 0.3) is 11.3 Å². The Hall–Kier alpha value is -2.47. The van der Waals surface area contributed by atoms with Crippen molar-refractivity contribution in [1.29, 1.82) is 0 Å². The molecule has 2 aromatic heterocycles. The SMILES string of the molecule is Cc1onc(-c2cccnc2)c1C(=O)Nc1ccccc1Br. The molecule has 5 nitrogen and oxygen atoms in total. The maximum atomic E-state index is 12.6. The summed E-state index contributed by atoms with van der Waals surface area (Å²) in [5.74, 6) is 0.188. The van der Waals surface area contributed by atoms with Gasteiger partial charge in [0, 0.05) is 22.4 Å². The molecule has 0 fully saturated rings. The first kappa shape index (κ1) is 14.5. The molecule has 0 radical (unpaired) electrons. The fourth-order valence-electron chi connectivity index (χ4n) is 2.09. The highest BCUT2D eigenvalue weighted by Crippen LogP contribution is 2.27. The molecule has 0 spiro atoms. The summed E-state index contributed by atoms with van der Waals surface area (Å²) in [6.07, 6.45) is 3.31. The first-order valence-electron chi connectivity index (χ1n) is 6.59. The number of aryl methyl sites for hydroxylation is 1. The zero-order chi connectivity index (χ0) is 15.5. The minimum absolute atomic E-state index is 0.274. The van der Waals surface area contributed by atoms with E-state index in [1.807, 2.05) is 30.3 Å². The van der Waals surface area contributed by atoms with Crippen LogP contribution in [0.1, 0.15) is 16.1 Å². The minimum Gasteiger partial charge on any atom is -0.360 e. The van der Waals surface area contributed by atoms with E-state index in [1.54, 1.807) is 25.4 Å². The smallest absolute Gasteiger partial charge is 0.261 e. The van der Waals surface area contributed by atoms with Crippen molar-refractivity contribution in [1.82, 2.24) is 10.1 Å². The van der Waals surface area contributed by atoms with Crippen molar-refractivity contribution in [2.24, 2.45) is 0 Å². The molecule has 110 valence electrons.